The minimum atomic E-state index is -0.339. The van der Waals surface area contributed by atoms with Gasteiger partial charge in [0.05, 0.1) is 0 Å². The van der Waals surface area contributed by atoms with Crippen LogP contribution in [0.4, 0.5) is 0 Å². The molecule has 4 aliphatic carbocycles. The lowest BCUT2D eigenvalue weighted by Gasteiger charge is -2.57. The van der Waals surface area contributed by atoms with Crippen LogP contribution in [-0.4, -0.2) is 30.0 Å². The quantitative estimate of drug-likeness (QED) is 0.415. The highest BCUT2D eigenvalue weighted by Gasteiger charge is 2.57. The third-order valence-corrected chi connectivity index (χ3v) is 9.24. The Hall–Kier alpha value is -2.43. The maximum Gasteiger partial charge on any atom is 0.325 e. The van der Waals surface area contributed by atoms with Gasteiger partial charge in [0.2, 0.25) is 6.41 Å². The topological polar surface area (TPSA) is 68.3 Å². The minimum absolute atomic E-state index is 0.0481. The number of allylic oxidation sites excluding steroid dienone is 3. The smallest absolute Gasteiger partial charge is 0.325 e. The molecule has 2 saturated carbocycles. The molecule has 1 amide bonds. The lowest BCUT2D eigenvalue weighted by atomic mass is 9.47. The fraction of sp³-hybridized carbons (Fsp3) is 0.593. The van der Waals surface area contributed by atoms with Crippen molar-refractivity contribution in [3.05, 3.63) is 47.8 Å². The third-order valence-electron chi connectivity index (χ3n) is 9.24. The van der Waals surface area contributed by atoms with Crippen LogP contribution >= 0.6 is 0 Å². The number of hydrogen-bond donors (Lipinski definition) is 1. The molecule has 4 aliphatic rings. The second-order valence-corrected chi connectivity index (χ2v) is 10.7. The first kappa shape index (κ1) is 21.4. The number of aromatic nitrogens is 1. The number of rotatable bonds is 5. The Morgan fingerprint density at radius 1 is 1.19 bits per heavy atom. The van der Waals surface area contributed by atoms with Crippen LogP contribution in [0.3, 0.4) is 0 Å². The second kappa shape index (κ2) is 8.17. The van der Waals surface area contributed by atoms with Gasteiger partial charge in [-0.05, 0) is 84.3 Å². The van der Waals surface area contributed by atoms with E-state index in [0.29, 0.717) is 24.2 Å². The minimum Gasteiger partial charge on any atom is -0.461 e. The summed E-state index contributed by atoms with van der Waals surface area (Å²) in [6.07, 6.45) is 17.0. The summed E-state index contributed by atoms with van der Waals surface area (Å²) in [6.45, 7) is 4.91. The predicted molar refractivity (Wildman–Crippen MR) is 123 cm³/mol. The van der Waals surface area contributed by atoms with E-state index in [2.05, 4.69) is 48.4 Å². The molecule has 170 valence electrons. The summed E-state index contributed by atoms with van der Waals surface area (Å²) in [5.41, 5.74) is 4.75. The van der Waals surface area contributed by atoms with E-state index in [0.717, 1.165) is 25.7 Å². The Bertz CT molecular complexity index is 955. The molecule has 1 heterocycles. The number of carbonyl (C=O) groups excluding carboxylic acids is 2. The van der Waals surface area contributed by atoms with Crippen molar-refractivity contribution in [1.29, 1.82) is 0 Å². The van der Waals surface area contributed by atoms with E-state index in [1.54, 1.807) is 0 Å². The zero-order valence-corrected chi connectivity index (χ0v) is 19.2. The van der Waals surface area contributed by atoms with Crippen LogP contribution in [0.1, 0.15) is 64.4 Å². The van der Waals surface area contributed by atoms with Crippen LogP contribution in [0.5, 0.6) is 0 Å². The van der Waals surface area contributed by atoms with Gasteiger partial charge in [-0.3, -0.25) is 14.6 Å². The van der Waals surface area contributed by atoms with E-state index in [-0.39, 0.29) is 29.4 Å². The van der Waals surface area contributed by atoms with Gasteiger partial charge in [0.15, 0.2) is 0 Å². The number of esters is 1. The molecule has 6 unspecified atom stereocenters. The molecule has 32 heavy (non-hydrogen) atoms. The Kier molecular flexibility index (Phi) is 5.47. The van der Waals surface area contributed by atoms with Crippen LogP contribution in [0.25, 0.3) is 5.57 Å². The summed E-state index contributed by atoms with van der Waals surface area (Å²) in [4.78, 5) is 26.8. The van der Waals surface area contributed by atoms with E-state index in [1.807, 2.05) is 12.4 Å². The highest BCUT2D eigenvalue weighted by molar-refractivity contribution is 5.74. The van der Waals surface area contributed by atoms with Crippen molar-refractivity contribution in [3.8, 4) is 0 Å². The maximum absolute atomic E-state index is 12.0. The number of nitrogens with zero attached hydrogens (tertiary/aromatic N) is 1. The summed E-state index contributed by atoms with van der Waals surface area (Å²) in [7, 11) is 0. The van der Waals surface area contributed by atoms with Gasteiger partial charge < -0.3 is 10.1 Å². The van der Waals surface area contributed by atoms with Crippen molar-refractivity contribution in [2.45, 2.75) is 64.9 Å². The third kappa shape index (κ3) is 3.41. The van der Waals surface area contributed by atoms with Crippen LogP contribution in [0.15, 0.2) is 42.3 Å². The molecule has 5 nitrogen and oxygen atoms in total. The normalized spacial score (nSPS) is 37.8. The van der Waals surface area contributed by atoms with Gasteiger partial charge in [-0.25, -0.2) is 0 Å². The summed E-state index contributed by atoms with van der Waals surface area (Å²) >= 11 is 0. The van der Waals surface area contributed by atoms with E-state index < -0.39 is 0 Å². The zero-order valence-electron chi connectivity index (χ0n) is 19.2. The standard InChI is InChI=1S/C27H34N2O3/c1-26-11-9-20(32-25(31)16-29-17-30)14-19(26)5-6-21-23-8-7-22(18-4-3-13-28-15-18)27(23,2)12-10-24(21)26/h3-5,7,13,15,17,20-21,23-24H,6,8-12,14,16H2,1-2H3,(H,29,30). The molecule has 0 spiro atoms. The van der Waals surface area contributed by atoms with Gasteiger partial charge in [-0.15, -0.1) is 0 Å². The highest BCUT2D eigenvalue weighted by atomic mass is 16.5. The highest BCUT2D eigenvalue weighted by Crippen LogP contribution is 2.66. The van der Waals surface area contributed by atoms with Gasteiger partial charge in [0, 0.05) is 18.8 Å². The predicted octanol–water partition coefficient (Wildman–Crippen LogP) is 4.70. The molecule has 1 aromatic heterocycles. The molecule has 5 rings (SSSR count). The fourth-order valence-corrected chi connectivity index (χ4v) is 7.62. The summed E-state index contributed by atoms with van der Waals surface area (Å²) in [5, 5.41) is 2.40. The van der Waals surface area contributed by atoms with E-state index >= 15 is 0 Å². The molecule has 2 fully saturated rings. The van der Waals surface area contributed by atoms with Crippen LogP contribution in [-0.2, 0) is 14.3 Å². The number of ether oxygens (including phenoxy) is 1. The molecule has 0 bridgehead atoms. The summed E-state index contributed by atoms with van der Waals surface area (Å²) in [5.74, 6) is 1.77. The number of pyridine rings is 1. The van der Waals surface area contributed by atoms with Gasteiger partial charge in [-0.2, -0.15) is 0 Å². The molecule has 0 radical (unpaired) electrons. The molecule has 1 N–H and O–H groups in total. The van der Waals surface area contributed by atoms with Crippen molar-refractivity contribution in [1.82, 2.24) is 10.3 Å². The SMILES string of the molecule is CC12CCC(OC(=O)CNC=O)CC1=CCC1C2CCC2(C)C(c3cccnc3)=CCC12. The van der Waals surface area contributed by atoms with Crippen LogP contribution in [0, 0.1) is 28.6 Å². The maximum atomic E-state index is 12.0. The molecule has 6 atom stereocenters. The number of nitrogens with one attached hydrogen (secondary N) is 1. The Morgan fingerprint density at radius 2 is 2.03 bits per heavy atom. The lowest BCUT2D eigenvalue weighted by Crippen LogP contribution is -2.50. The molecular formula is C27H34N2O3. The lowest BCUT2D eigenvalue weighted by molar-refractivity contribution is -0.150. The molecule has 1 aromatic rings. The number of hydrogen-bond acceptors (Lipinski definition) is 4. The number of carbonyl (C=O) groups is 2. The average molecular weight is 435 g/mol. The molecular weight excluding hydrogens is 400 g/mol. The van der Waals surface area contributed by atoms with Gasteiger partial charge in [0.1, 0.15) is 12.6 Å². The summed E-state index contributed by atoms with van der Waals surface area (Å²) < 4.78 is 5.66. The first-order valence-corrected chi connectivity index (χ1v) is 12.1. The van der Waals surface area contributed by atoms with Gasteiger partial charge in [-0.1, -0.05) is 37.6 Å². The molecule has 0 aromatic carbocycles. The second-order valence-electron chi connectivity index (χ2n) is 10.7. The van der Waals surface area contributed by atoms with E-state index in [1.165, 1.54) is 36.0 Å². The van der Waals surface area contributed by atoms with Gasteiger partial charge in [0.25, 0.3) is 0 Å². The van der Waals surface area contributed by atoms with Crippen molar-refractivity contribution in [2.24, 2.45) is 28.6 Å². The average Bonchev–Trinajstić information content (AvgIpc) is 3.16. The molecule has 0 saturated heterocycles. The Labute approximate surface area is 190 Å². The molecule has 5 heteroatoms. The summed E-state index contributed by atoms with van der Waals surface area (Å²) in [6, 6.07) is 4.27. The van der Waals surface area contributed by atoms with E-state index in [9.17, 15) is 9.59 Å². The van der Waals surface area contributed by atoms with Crippen molar-refractivity contribution in [2.75, 3.05) is 6.54 Å². The van der Waals surface area contributed by atoms with Gasteiger partial charge >= 0.3 is 5.97 Å². The first-order chi connectivity index (χ1) is 15.5. The largest absolute Gasteiger partial charge is 0.461 e. The monoisotopic (exact) mass is 434 g/mol. The number of fused-ring (bicyclic) bond motifs is 5. The Balaban J connectivity index is 1.33. The van der Waals surface area contributed by atoms with Crippen molar-refractivity contribution >= 4 is 18.0 Å². The Morgan fingerprint density at radius 3 is 2.81 bits per heavy atom. The van der Waals surface area contributed by atoms with E-state index in [4.69, 9.17) is 4.74 Å². The van der Waals surface area contributed by atoms with Crippen LogP contribution < -0.4 is 5.32 Å². The molecule has 0 aliphatic heterocycles. The first-order valence-electron chi connectivity index (χ1n) is 12.1. The van der Waals surface area contributed by atoms with Crippen LogP contribution in [0.2, 0.25) is 0 Å². The zero-order chi connectivity index (χ0) is 22.3. The van der Waals surface area contributed by atoms with Crippen molar-refractivity contribution in [3.63, 3.8) is 0 Å². The fourth-order valence-electron chi connectivity index (χ4n) is 7.62. The number of amides is 1. The van der Waals surface area contributed by atoms with Crippen molar-refractivity contribution < 1.29 is 14.3 Å².